The lowest BCUT2D eigenvalue weighted by atomic mass is 10.2. The van der Waals surface area contributed by atoms with E-state index in [0.29, 0.717) is 13.0 Å². The van der Waals surface area contributed by atoms with Crippen LogP contribution in [0.3, 0.4) is 0 Å². The van der Waals surface area contributed by atoms with Crippen molar-refractivity contribution >= 4 is 22.9 Å². The summed E-state index contributed by atoms with van der Waals surface area (Å²) in [5.41, 5.74) is 0. The van der Waals surface area contributed by atoms with Crippen molar-refractivity contribution < 1.29 is 13.6 Å². The molecular weight excluding hydrogens is 308 g/mol. The second-order valence-electron chi connectivity index (χ2n) is 9.32. The van der Waals surface area contributed by atoms with Crippen molar-refractivity contribution in [1.29, 1.82) is 0 Å². The Bertz CT molecular complexity index is 352. The Hall–Kier alpha value is 0.0238. The van der Waals surface area contributed by atoms with Crippen LogP contribution in [0.1, 0.15) is 54.4 Å². The summed E-state index contributed by atoms with van der Waals surface area (Å²) in [6.45, 7) is 23.1. The first-order valence-corrected chi connectivity index (χ1v) is 14.2. The largest absolute Gasteiger partial charge is 0.414 e. The van der Waals surface area contributed by atoms with Crippen LogP contribution in [0.5, 0.6) is 0 Å². The second kappa shape index (κ2) is 7.73. The zero-order valence-electron chi connectivity index (χ0n) is 16.5. The lowest BCUT2D eigenvalue weighted by Gasteiger charge is -2.41. The van der Waals surface area contributed by atoms with Crippen LogP contribution in [-0.2, 0) is 13.6 Å². The number of aldehydes is 1. The lowest BCUT2D eigenvalue weighted by Crippen LogP contribution is -2.47. The maximum atomic E-state index is 10.8. The van der Waals surface area contributed by atoms with Gasteiger partial charge in [-0.25, -0.2) is 0 Å². The summed E-state index contributed by atoms with van der Waals surface area (Å²) in [5.74, 6) is 0. The van der Waals surface area contributed by atoms with Gasteiger partial charge in [0.1, 0.15) is 6.29 Å². The molecule has 0 aliphatic rings. The van der Waals surface area contributed by atoms with Crippen LogP contribution in [0.25, 0.3) is 0 Å². The summed E-state index contributed by atoms with van der Waals surface area (Å²) in [4.78, 5) is 10.8. The van der Waals surface area contributed by atoms with Gasteiger partial charge in [0.05, 0.1) is 12.7 Å². The molecule has 0 aliphatic heterocycles. The van der Waals surface area contributed by atoms with Gasteiger partial charge >= 0.3 is 0 Å². The predicted molar refractivity (Wildman–Crippen MR) is 101 cm³/mol. The Balaban J connectivity index is 4.91. The second-order valence-corrected chi connectivity index (χ2v) is 18.9. The van der Waals surface area contributed by atoms with Crippen LogP contribution >= 0.6 is 0 Å². The average Bonchev–Trinajstić information content (AvgIpc) is 2.29. The van der Waals surface area contributed by atoms with Gasteiger partial charge in [0.25, 0.3) is 0 Å². The third kappa shape index (κ3) is 6.64. The summed E-state index contributed by atoms with van der Waals surface area (Å²) < 4.78 is 12.8. The first-order valence-electron chi connectivity index (χ1n) is 8.39. The fraction of sp³-hybridized carbons (Fsp3) is 0.941. The third-order valence-electron chi connectivity index (χ3n) is 5.31. The number of hydrogen-bond acceptors (Lipinski definition) is 3. The van der Waals surface area contributed by atoms with Gasteiger partial charge in [0.15, 0.2) is 16.6 Å². The van der Waals surface area contributed by atoms with Crippen LogP contribution in [-0.4, -0.2) is 35.6 Å². The molecule has 0 radical (unpaired) electrons. The van der Waals surface area contributed by atoms with Gasteiger partial charge in [-0.2, -0.15) is 0 Å². The van der Waals surface area contributed by atoms with Gasteiger partial charge in [0.2, 0.25) is 0 Å². The summed E-state index contributed by atoms with van der Waals surface area (Å²) >= 11 is 0. The zero-order chi connectivity index (χ0) is 17.8. The molecule has 0 fully saturated rings. The first-order chi connectivity index (χ1) is 9.64. The quantitative estimate of drug-likeness (QED) is 0.437. The molecule has 0 unspecified atom stereocenters. The highest BCUT2D eigenvalue weighted by Gasteiger charge is 2.41. The summed E-state index contributed by atoms with van der Waals surface area (Å²) in [7, 11) is -3.62. The first kappa shape index (κ1) is 22.0. The number of carbonyl (C=O) groups excluding carboxylic acids is 1. The molecule has 0 saturated heterocycles. The van der Waals surface area contributed by atoms with Crippen molar-refractivity contribution in [3.8, 4) is 0 Å². The van der Waals surface area contributed by atoms with Gasteiger partial charge in [-0.05, 0) is 42.7 Å². The van der Waals surface area contributed by atoms with Crippen molar-refractivity contribution in [3.63, 3.8) is 0 Å². The van der Waals surface area contributed by atoms with Crippen molar-refractivity contribution in [3.05, 3.63) is 0 Å². The van der Waals surface area contributed by atoms with Gasteiger partial charge < -0.3 is 13.6 Å². The van der Waals surface area contributed by atoms with E-state index in [1.807, 2.05) is 0 Å². The van der Waals surface area contributed by atoms with E-state index in [9.17, 15) is 4.79 Å². The minimum absolute atomic E-state index is 0.0280. The normalized spacial score (nSPS) is 15.7. The van der Waals surface area contributed by atoms with Gasteiger partial charge in [-0.1, -0.05) is 41.5 Å². The molecule has 0 aromatic rings. The average molecular weight is 347 g/mol. The molecule has 0 amide bonds. The van der Waals surface area contributed by atoms with Crippen LogP contribution in [0, 0.1) is 0 Å². The van der Waals surface area contributed by atoms with Crippen molar-refractivity contribution in [1.82, 2.24) is 0 Å². The third-order valence-corrected chi connectivity index (χ3v) is 14.3. The molecule has 0 bridgehead atoms. The van der Waals surface area contributed by atoms with Crippen LogP contribution in [0.4, 0.5) is 0 Å². The number of rotatable bonds is 8. The van der Waals surface area contributed by atoms with Gasteiger partial charge in [-0.15, -0.1) is 0 Å². The Kier molecular flexibility index (Phi) is 7.74. The van der Waals surface area contributed by atoms with E-state index in [2.05, 4.69) is 67.7 Å². The molecule has 22 heavy (non-hydrogen) atoms. The molecule has 0 heterocycles. The molecule has 0 aromatic heterocycles. The lowest BCUT2D eigenvalue weighted by molar-refractivity contribution is -0.108. The van der Waals surface area contributed by atoms with E-state index in [0.717, 1.165) is 12.7 Å². The molecule has 5 heteroatoms. The summed E-state index contributed by atoms with van der Waals surface area (Å²) in [6.07, 6.45) is 2.30. The summed E-state index contributed by atoms with van der Waals surface area (Å²) in [6, 6.07) is 0. The Morgan fingerprint density at radius 2 is 1.36 bits per heavy atom. The standard InChI is InChI=1S/C17H38O3Si2/c1-16(2,3)21(7,8)19-14-15(12-11-13-18)20-22(9,10)17(4,5)6/h13,15H,11-12,14H2,1-10H3/t15-/m0/s1. The van der Waals surface area contributed by atoms with Crippen LogP contribution in [0.15, 0.2) is 0 Å². The molecule has 0 N–H and O–H groups in total. The van der Waals surface area contributed by atoms with Gasteiger partial charge in [-0.3, -0.25) is 0 Å². The Morgan fingerprint density at radius 3 is 1.73 bits per heavy atom. The smallest absolute Gasteiger partial charge is 0.192 e. The highest BCUT2D eigenvalue weighted by molar-refractivity contribution is 6.74. The molecule has 0 rings (SSSR count). The topological polar surface area (TPSA) is 35.5 Å². The molecule has 1 atom stereocenters. The molecule has 0 spiro atoms. The maximum Gasteiger partial charge on any atom is 0.192 e. The summed E-state index contributed by atoms with van der Waals surface area (Å²) in [5, 5.41) is 0.364. The van der Waals surface area contributed by atoms with E-state index in [-0.39, 0.29) is 16.2 Å². The van der Waals surface area contributed by atoms with Gasteiger partial charge in [0, 0.05) is 6.42 Å². The monoisotopic (exact) mass is 346 g/mol. The number of hydrogen-bond donors (Lipinski definition) is 0. The highest BCUT2D eigenvalue weighted by atomic mass is 28.4. The van der Waals surface area contributed by atoms with E-state index in [4.69, 9.17) is 8.85 Å². The minimum Gasteiger partial charge on any atom is -0.414 e. The van der Waals surface area contributed by atoms with E-state index < -0.39 is 16.6 Å². The molecule has 0 aromatic carbocycles. The van der Waals surface area contributed by atoms with Crippen molar-refractivity contribution in [2.45, 2.75) is 96.8 Å². The molecule has 132 valence electrons. The molecule has 0 saturated carbocycles. The van der Waals surface area contributed by atoms with Crippen LogP contribution in [0.2, 0.25) is 36.3 Å². The zero-order valence-corrected chi connectivity index (χ0v) is 18.5. The predicted octanol–water partition coefficient (Wildman–Crippen LogP) is 5.38. The van der Waals surface area contributed by atoms with E-state index in [1.165, 1.54) is 0 Å². The number of carbonyl (C=O) groups is 1. The minimum atomic E-state index is -1.84. The molecule has 0 aliphatic carbocycles. The van der Waals surface area contributed by atoms with E-state index >= 15 is 0 Å². The Labute approximate surface area is 140 Å². The van der Waals surface area contributed by atoms with Crippen molar-refractivity contribution in [2.24, 2.45) is 0 Å². The molecule has 3 nitrogen and oxygen atoms in total. The fourth-order valence-electron chi connectivity index (χ4n) is 1.54. The van der Waals surface area contributed by atoms with Crippen LogP contribution < -0.4 is 0 Å². The van der Waals surface area contributed by atoms with E-state index in [1.54, 1.807) is 0 Å². The maximum absolute atomic E-state index is 10.8. The highest BCUT2D eigenvalue weighted by Crippen LogP contribution is 2.39. The van der Waals surface area contributed by atoms with Crippen molar-refractivity contribution in [2.75, 3.05) is 6.61 Å². The molecular formula is C17H38O3Si2. The fourth-order valence-corrected chi connectivity index (χ4v) is 3.95. The Morgan fingerprint density at radius 1 is 0.909 bits per heavy atom. The SMILES string of the molecule is CC(C)(C)[Si](C)(C)OC[C@H](CCC=O)O[Si](C)(C)C(C)(C)C.